The second kappa shape index (κ2) is 8.73. The van der Waals surface area contributed by atoms with Gasteiger partial charge in [0, 0.05) is 13.0 Å². The fourth-order valence-corrected chi connectivity index (χ4v) is 2.31. The lowest BCUT2D eigenvalue weighted by atomic mass is 10.1. The molecule has 0 aromatic heterocycles. The molecule has 0 spiro atoms. The van der Waals surface area contributed by atoms with Crippen molar-refractivity contribution in [3.63, 3.8) is 0 Å². The smallest absolute Gasteiger partial charge is 0.320 e. The van der Waals surface area contributed by atoms with E-state index in [0.29, 0.717) is 19.7 Å². The van der Waals surface area contributed by atoms with Crippen LogP contribution in [0.4, 0.5) is 0 Å². The average molecular weight is 329 g/mol. The maximum Gasteiger partial charge on any atom is 0.320 e. The molecule has 1 heterocycles. The molecular formula is C15H21ClN2O4. The molecule has 1 aliphatic heterocycles. The topological polar surface area (TPSA) is 92.9 Å². The molecule has 2 rings (SSSR count). The van der Waals surface area contributed by atoms with E-state index in [1.165, 1.54) is 0 Å². The number of benzene rings is 1. The quantitative estimate of drug-likeness (QED) is 0.847. The van der Waals surface area contributed by atoms with Gasteiger partial charge in [-0.15, -0.1) is 12.4 Å². The number of halogens is 1. The number of ether oxygens (including phenoxy) is 1. The van der Waals surface area contributed by atoms with Crippen LogP contribution >= 0.6 is 12.4 Å². The van der Waals surface area contributed by atoms with E-state index in [-0.39, 0.29) is 37.3 Å². The van der Waals surface area contributed by atoms with Gasteiger partial charge in [-0.25, -0.2) is 0 Å². The minimum Gasteiger partial charge on any atom is -0.480 e. The molecule has 1 saturated heterocycles. The van der Waals surface area contributed by atoms with Crippen molar-refractivity contribution in [2.45, 2.75) is 25.0 Å². The summed E-state index contributed by atoms with van der Waals surface area (Å²) in [6.45, 7) is 1.51. The predicted molar refractivity (Wildman–Crippen MR) is 83.8 cm³/mol. The van der Waals surface area contributed by atoms with Crippen molar-refractivity contribution in [2.24, 2.45) is 5.73 Å². The zero-order chi connectivity index (χ0) is 15.2. The van der Waals surface area contributed by atoms with Crippen LogP contribution in [-0.4, -0.2) is 47.6 Å². The van der Waals surface area contributed by atoms with Crippen molar-refractivity contribution in [3.8, 4) is 0 Å². The summed E-state index contributed by atoms with van der Waals surface area (Å²) in [5.74, 6) is -1.15. The van der Waals surface area contributed by atoms with E-state index in [4.69, 9.17) is 15.6 Å². The third-order valence-electron chi connectivity index (χ3n) is 3.58. The number of amides is 1. The molecular weight excluding hydrogens is 308 g/mol. The Morgan fingerprint density at radius 3 is 2.68 bits per heavy atom. The Kier molecular flexibility index (Phi) is 7.31. The molecule has 7 heteroatoms. The van der Waals surface area contributed by atoms with E-state index in [9.17, 15) is 9.59 Å². The molecule has 1 unspecified atom stereocenters. The molecule has 122 valence electrons. The first kappa shape index (κ1) is 18.4. The lowest BCUT2D eigenvalue weighted by Crippen LogP contribution is -2.43. The molecule has 1 amide bonds. The highest BCUT2D eigenvalue weighted by molar-refractivity contribution is 5.85. The first-order valence-corrected chi connectivity index (χ1v) is 7.00. The number of carboxylic acid groups (broad SMARTS) is 1. The van der Waals surface area contributed by atoms with Crippen LogP contribution in [-0.2, 0) is 14.3 Å². The van der Waals surface area contributed by atoms with Gasteiger partial charge in [0.05, 0.1) is 13.2 Å². The number of morpholine rings is 1. The Labute approximate surface area is 135 Å². The van der Waals surface area contributed by atoms with Crippen LogP contribution < -0.4 is 5.73 Å². The molecule has 1 fully saturated rings. The summed E-state index contributed by atoms with van der Waals surface area (Å²) in [7, 11) is 0. The predicted octanol–water partition coefficient (Wildman–Crippen LogP) is 1.20. The summed E-state index contributed by atoms with van der Waals surface area (Å²) in [5, 5.41) is 8.73. The molecule has 1 aromatic carbocycles. The molecule has 0 radical (unpaired) electrons. The van der Waals surface area contributed by atoms with Gasteiger partial charge >= 0.3 is 5.97 Å². The van der Waals surface area contributed by atoms with Crippen molar-refractivity contribution < 1.29 is 19.4 Å². The maximum absolute atomic E-state index is 12.1. The zero-order valence-corrected chi connectivity index (χ0v) is 13.0. The van der Waals surface area contributed by atoms with Gasteiger partial charge in [0.15, 0.2) is 0 Å². The van der Waals surface area contributed by atoms with Crippen LogP contribution in [0, 0.1) is 0 Å². The van der Waals surface area contributed by atoms with Gasteiger partial charge in [-0.1, -0.05) is 30.3 Å². The van der Waals surface area contributed by atoms with Crippen molar-refractivity contribution in [3.05, 3.63) is 35.9 Å². The Morgan fingerprint density at radius 1 is 1.36 bits per heavy atom. The lowest BCUT2D eigenvalue weighted by Gasteiger charge is -2.33. The third kappa shape index (κ3) is 4.98. The molecule has 1 aromatic rings. The van der Waals surface area contributed by atoms with Crippen LogP contribution in [0.5, 0.6) is 0 Å². The third-order valence-corrected chi connectivity index (χ3v) is 3.58. The molecule has 2 atom stereocenters. The number of hydrogen-bond donors (Lipinski definition) is 2. The SMILES string of the molecule is Cl.N[C@@H](CCC(=O)N1CCOC(c2ccccc2)C1)C(=O)O. The van der Waals surface area contributed by atoms with E-state index in [1.807, 2.05) is 30.3 Å². The van der Waals surface area contributed by atoms with Gasteiger partial charge in [0.2, 0.25) is 5.91 Å². The number of nitrogens with zero attached hydrogens (tertiary/aromatic N) is 1. The summed E-state index contributed by atoms with van der Waals surface area (Å²) in [4.78, 5) is 24.5. The number of hydrogen-bond acceptors (Lipinski definition) is 4. The minimum atomic E-state index is -1.08. The molecule has 3 N–H and O–H groups in total. The average Bonchev–Trinajstić information content (AvgIpc) is 2.53. The summed E-state index contributed by atoms with van der Waals surface area (Å²) in [5.41, 5.74) is 6.46. The second-order valence-electron chi connectivity index (χ2n) is 5.09. The molecule has 1 aliphatic rings. The number of rotatable bonds is 5. The van der Waals surface area contributed by atoms with Gasteiger partial charge in [-0.3, -0.25) is 9.59 Å². The van der Waals surface area contributed by atoms with Crippen LogP contribution in [0.15, 0.2) is 30.3 Å². The van der Waals surface area contributed by atoms with E-state index in [0.717, 1.165) is 5.56 Å². The molecule has 0 bridgehead atoms. The summed E-state index contributed by atoms with van der Waals surface area (Å²) in [6, 6.07) is 8.76. The molecule has 6 nitrogen and oxygen atoms in total. The number of aliphatic carboxylic acids is 1. The molecule has 22 heavy (non-hydrogen) atoms. The highest BCUT2D eigenvalue weighted by Crippen LogP contribution is 2.22. The fourth-order valence-electron chi connectivity index (χ4n) is 2.31. The molecule has 0 aliphatic carbocycles. The highest BCUT2D eigenvalue weighted by Gasteiger charge is 2.25. The van der Waals surface area contributed by atoms with E-state index in [2.05, 4.69) is 0 Å². The second-order valence-corrected chi connectivity index (χ2v) is 5.09. The summed E-state index contributed by atoms with van der Waals surface area (Å²) >= 11 is 0. The van der Waals surface area contributed by atoms with Crippen molar-refractivity contribution in [2.75, 3.05) is 19.7 Å². The number of carbonyl (C=O) groups is 2. The summed E-state index contributed by atoms with van der Waals surface area (Å²) < 4.78 is 5.70. The Hall–Kier alpha value is -1.63. The summed E-state index contributed by atoms with van der Waals surface area (Å²) in [6.07, 6.45) is 0.174. The monoisotopic (exact) mass is 328 g/mol. The maximum atomic E-state index is 12.1. The number of carbonyl (C=O) groups excluding carboxylic acids is 1. The standard InChI is InChI=1S/C15H20N2O4.ClH/c16-12(15(19)20)6-7-14(18)17-8-9-21-13(10-17)11-4-2-1-3-5-11;/h1-5,12-13H,6-10,16H2,(H,19,20);1H/t12-,13?;/m0./s1. The fraction of sp³-hybridized carbons (Fsp3) is 0.467. The Morgan fingerprint density at radius 2 is 2.05 bits per heavy atom. The molecule has 0 saturated carbocycles. The van der Waals surface area contributed by atoms with E-state index >= 15 is 0 Å². The first-order valence-electron chi connectivity index (χ1n) is 7.00. The highest BCUT2D eigenvalue weighted by atomic mass is 35.5. The Balaban J connectivity index is 0.00000242. The van der Waals surface area contributed by atoms with E-state index < -0.39 is 12.0 Å². The van der Waals surface area contributed by atoms with Gasteiger partial charge in [-0.05, 0) is 12.0 Å². The number of nitrogens with two attached hydrogens (primary N) is 1. The van der Waals surface area contributed by atoms with Crippen LogP contribution in [0.3, 0.4) is 0 Å². The van der Waals surface area contributed by atoms with Gasteiger partial charge in [0.25, 0.3) is 0 Å². The lowest BCUT2D eigenvalue weighted by molar-refractivity contribution is -0.140. The van der Waals surface area contributed by atoms with Crippen LogP contribution in [0.25, 0.3) is 0 Å². The van der Waals surface area contributed by atoms with Crippen LogP contribution in [0.2, 0.25) is 0 Å². The normalized spacial score (nSPS) is 19.1. The van der Waals surface area contributed by atoms with Crippen LogP contribution in [0.1, 0.15) is 24.5 Å². The first-order chi connectivity index (χ1) is 10.1. The Bertz CT molecular complexity index is 498. The zero-order valence-electron chi connectivity index (χ0n) is 12.2. The van der Waals surface area contributed by atoms with Crippen molar-refractivity contribution in [1.82, 2.24) is 4.90 Å². The van der Waals surface area contributed by atoms with Crippen molar-refractivity contribution >= 4 is 24.3 Å². The van der Waals surface area contributed by atoms with E-state index in [1.54, 1.807) is 4.90 Å². The van der Waals surface area contributed by atoms with Gasteiger partial charge < -0.3 is 20.5 Å². The van der Waals surface area contributed by atoms with Gasteiger partial charge in [-0.2, -0.15) is 0 Å². The van der Waals surface area contributed by atoms with Gasteiger partial charge in [0.1, 0.15) is 12.1 Å². The minimum absolute atomic E-state index is 0. The number of carboxylic acids is 1. The van der Waals surface area contributed by atoms with Crippen molar-refractivity contribution in [1.29, 1.82) is 0 Å². The largest absolute Gasteiger partial charge is 0.480 e.